The first-order chi connectivity index (χ1) is 10.9. The van der Waals surface area contributed by atoms with E-state index < -0.39 is 11.7 Å². The highest BCUT2D eigenvalue weighted by Crippen LogP contribution is 2.30. The fourth-order valence-corrected chi connectivity index (χ4v) is 2.54. The van der Waals surface area contributed by atoms with Gasteiger partial charge in [0.15, 0.2) is 0 Å². The van der Waals surface area contributed by atoms with Gasteiger partial charge in [0.25, 0.3) is 0 Å². The lowest BCUT2D eigenvalue weighted by Crippen LogP contribution is -2.39. The van der Waals surface area contributed by atoms with Crippen LogP contribution in [-0.2, 0) is 15.7 Å². The minimum absolute atomic E-state index is 0.0251. The Labute approximate surface area is 133 Å². The van der Waals surface area contributed by atoms with E-state index in [-0.39, 0.29) is 18.1 Å². The number of rotatable bonds is 6. The Morgan fingerprint density at radius 1 is 1.43 bits per heavy atom. The van der Waals surface area contributed by atoms with Gasteiger partial charge in [-0.15, -0.1) is 0 Å². The molecule has 1 atom stereocenters. The molecule has 1 saturated heterocycles. The predicted molar refractivity (Wildman–Crippen MR) is 81.1 cm³/mol. The number of carbonyl (C=O) groups is 1. The second-order valence-electron chi connectivity index (χ2n) is 5.59. The van der Waals surface area contributed by atoms with Crippen LogP contribution < -0.4 is 5.32 Å². The molecule has 128 valence electrons. The highest BCUT2D eigenvalue weighted by Gasteiger charge is 2.30. The molecule has 1 amide bonds. The van der Waals surface area contributed by atoms with Gasteiger partial charge in [-0.25, -0.2) is 0 Å². The molecule has 0 radical (unpaired) electrons. The van der Waals surface area contributed by atoms with E-state index in [1.54, 1.807) is 4.90 Å². The molecular formula is C16H21F3N2O2. The van der Waals surface area contributed by atoms with Crippen molar-refractivity contribution in [1.29, 1.82) is 0 Å². The summed E-state index contributed by atoms with van der Waals surface area (Å²) >= 11 is 0. The van der Waals surface area contributed by atoms with Crippen molar-refractivity contribution in [2.45, 2.75) is 19.5 Å². The number of nitrogens with one attached hydrogen (secondary N) is 1. The van der Waals surface area contributed by atoms with E-state index in [2.05, 4.69) is 5.32 Å². The van der Waals surface area contributed by atoms with Gasteiger partial charge >= 0.3 is 6.18 Å². The molecule has 4 nitrogen and oxygen atoms in total. The molecule has 0 spiro atoms. The molecule has 1 fully saturated rings. The monoisotopic (exact) mass is 330 g/mol. The van der Waals surface area contributed by atoms with Gasteiger partial charge in [-0.2, -0.15) is 13.2 Å². The summed E-state index contributed by atoms with van der Waals surface area (Å²) in [4.78, 5) is 13.9. The summed E-state index contributed by atoms with van der Waals surface area (Å²) in [5.41, 5.74) is -0.446. The molecule has 1 heterocycles. The average Bonchev–Trinajstić information content (AvgIpc) is 3.03. The molecule has 1 aliphatic heterocycles. The zero-order chi connectivity index (χ0) is 16.9. The SMILES string of the molecule is CCN(C[C@@H]1CCOC1)C(=O)CNc1cccc(C(F)(F)F)c1. The molecule has 1 aromatic rings. The Kier molecular flexibility index (Phi) is 5.87. The topological polar surface area (TPSA) is 41.6 Å². The van der Waals surface area contributed by atoms with Crippen LogP contribution in [-0.4, -0.2) is 43.7 Å². The normalized spacial score (nSPS) is 18.0. The smallest absolute Gasteiger partial charge is 0.381 e. The van der Waals surface area contributed by atoms with Gasteiger partial charge in [0, 0.05) is 31.3 Å². The van der Waals surface area contributed by atoms with Crippen LogP contribution in [0.1, 0.15) is 18.9 Å². The van der Waals surface area contributed by atoms with Gasteiger partial charge in [0.2, 0.25) is 5.91 Å². The highest BCUT2D eigenvalue weighted by atomic mass is 19.4. The number of carbonyl (C=O) groups excluding carboxylic acids is 1. The Hall–Kier alpha value is -1.76. The molecule has 7 heteroatoms. The van der Waals surface area contributed by atoms with Gasteiger partial charge in [0.05, 0.1) is 18.7 Å². The number of nitrogens with zero attached hydrogens (tertiary/aromatic N) is 1. The number of amides is 1. The van der Waals surface area contributed by atoms with E-state index in [9.17, 15) is 18.0 Å². The predicted octanol–water partition coefficient (Wildman–Crippen LogP) is 3.00. The number of halogens is 3. The third kappa shape index (κ3) is 5.13. The standard InChI is InChI=1S/C16H21F3N2O2/c1-2-21(10-12-6-7-23-11-12)15(22)9-20-14-5-3-4-13(8-14)16(17,18)19/h3-5,8,12,20H,2,6-7,9-11H2,1H3/t12-/m0/s1. The molecule has 0 aromatic heterocycles. The van der Waals surface area contributed by atoms with Crippen LogP contribution in [0.3, 0.4) is 0 Å². The van der Waals surface area contributed by atoms with Crippen LogP contribution >= 0.6 is 0 Å². The fraction of sp³-hybridized carbons (Fsp3) is 0.562. The number of likely N-dealkylation sites (N-methyl/N-ethyl adjacent to an activating group) is 1. The zero-order valence-corrected chi connectivity index (χ0v) is 13.0. The zero-order valence-electron chi connectivity index (χ0n) is 13.0. The van der Waals surface area contributed by atoms with Crippen molar-refractivity contribution in [2.75, 3.05) is 38.2 Å². The van der Waals surface area contributed by atoms with Crippen LogP contribution in [0.25, 0.3) is 0 Å². The van der Waals surface area contributed by atoms with Crippen LogP contribution in [0.2, 0.25) is 0 Å². The summed E-state index contributed by atoms with van der Waals surface area (Å²) < 4.78 is 43.3. The van der Waals surface area contributed by atoms with Gasteiger partial charge < -0.3 is 15.0 Å². The Balaban J connectivity index is 1.89. The van der Waals surface area contributed by atoms with Gasteiger partial charge in [-0.05, 0) is 31.5 Å². The van der Waals surface area contributed by atoms with Gasteiger partial charge in [-0.3, -0.25) is 4.79 Å². The number of benzene rings is 1. The maximum absolute atomic E-state index is 12.7. The number of anilines is 1. The van der Waals surface area contributed by atoms with Crippen molar-refractivity contribution in [2.24, 2.45) is 5.92 Å². The van der Waals surface area contributed by atoms with Crippen LogP contribution in [0, 0.1) is 5.92 Å². The molecule has 0 bridgehead atoms. The number of hydrogen-bond acceptors (Lipinski definition) is 3. The molecule has 1 N–H and O–H groups in total. The van der Waals surface area contributed by atoms with Crippen LogP contribution in [0.4, 0.5) is 18.9 Å². The van der Waals surface area contributed by atoms with Crippen LogP contribution in [0.15, 0.2) is 24.3 Å². The van der Waals surface area contributed by atoms with Crippen molar-refractivity contribution >= 4 is 11.6 Å². The summed E-state index contributed by atoms with van der Waals surface area (Å²) in [6.07, 6.45) is -3.45. The summed E-state index contributed by atoms with van der Waals surface area (Å²) in [6.45, 7) is 4.43. The molecule has 2 rings (SSSR count). The molecule has 0 saturated carbocycles. The van der Waals surface area contributed by atoms with E-state index in [1.807, 2.05) is 6.92 Å². The summed E-state index contributed by atoms with van der Waals surface area (Å²) in [5.74, 6) is 0.212. The molecule has 0 aliphatic carbocycles. The lowest BCUT2D eigenvalue weighted by atomic mass is 10.1. The molecule has 1 aliphatic rings. The largest absolute Gasteiger partial charge is 0.416 e. The minimum atomic E-state index is -4.39. The second-order valence-corrected chi connectivity index (χ2v) is 5.59. The lowest BCUT2D eigenvalue weighted by molar-refractivity contribution is -0.137. The Morgan fingerprint density at radius 2 is 2.22 bits per heavy atom. The first kappa shape index (κ1) is 17.6. The second kappa shape index (κ2) is 7.68. The first-order valence-electron chi connectivity index (χ1n) is 7.66. The minimum Gasteiger partial charge on any atom is -0.381 e. The van der Waals surface area contributed by atoms with Crippen molar-refractivity contribution in [3.63, 3.8) is 0 Å². The average molecular weight is 330 g/mol. The van der Waals surface area contributed by atoms with Crippen molar-refractivity contribution < 1.29 is 22.7 Å². The molecule has 0 unspecified atom stereocenters. The third-order valence-corrected chi connectivity index (χ3v) is 3.87. The van der Waals surface area contributed by atoms with E-state index in [0.29, 0.717) is 25.6 Å². The van der Waals surface area contributed by atoms with Gasteiger partial charge in [-0.1, -0.05) is 6.07 Å². The van der Waals surface area contributed by atoms with Crippen molar-refractivity contribution in [1.82, 2.24) is 4.90 Å². The van der Waals surface area contributed by atoms with Crippen LogP contribution in [0.5, 0.6) is 0 Å². The summed E-state index contributed by atoms with van der Waals surface area (Å²) in [6, 6.07) is 4.85. The Bertz CT molecular complexity index is 528. The van der Waals surface area contributed by atoms with Gasteiger partial charge in [0.1, 0.15) is 0 Å². The highest BCUT2D eigenvalue weighted by molar-refractivity contribution is 5.80. The van der Waals surface area contributed by atoms with E-state index in [1.165, 1.54) is 12.1 Å². The third-order valence-electron chi connectivity index (χ3n) is 3.87. The maximum atomic E-state index is 12.7. The van der Waals surface area contributed by atoms with Crippen molar-refractivity contribution in [3.8, 4) is 0 Å². The fourth-order valence-electron chi connectivity index (χ4n) is 2.54. The van der Waals surface area contributed by atoms with E-state index in [0.717, 1.165) is 25.2 Å². The molecular weight excluding hydrogens is 309 g/mol. The molecule has 23 heavy (non-hydrogen) atoms. The lowest BCUT2D eigenvalue weighted by Gasteiger charge is -2.24. The Morgan fingerprint density at radius 3 is 2.83 bits per heavy atom. The molecule has 1 aromatic carbocycles. The number of hydrogen-bond donors (Lipinski definition) is 1. The maximum Gasteiger partial charge on any atom is 0.416 e. The summed E-state index contributed by atoms with van der Waals surface area (Å²) in [5, 5.41) is 2.77. The first-order valence-corrected chi connectivity index (χ1v) is 7.66. The van der Waals surface area contributed by atoms with E-state index in [4.69, 9.17) is 4.74 Å². The van der Waals surface area contributed by atoms with Crippen molar-refractivity contribution in [3.05, 3.63) is 29.8 Å². The number of alkyl halides is 3. The quantitative estimate of drug-likeness (QED) is 0.872. The summed E-state index contributed by atoms with van der Waals surface area (Å²) in [7, 11) is 0. The number of ether oxygens (including phenoxy) is 1. The van der Waals surface area contributed by atoms with E-state index >= 15 is 0 Å².